The smallest absolute Gasteiger partial charge is 0.0585 e. The van der Waals surface area contributed by atoms with E-state index in [1.54, 1.807) is 0 Å². The van der Waals surface area contributed by atoms with E-state index in [0.29, 0.717) is 0 Å². The van der Waals surface area contributed by atoms with Gasteiger partial charge in [0.15, 0.2) is 0 Å². The Morgan fingerprint density at radius 3 is 2.45 bits per heavy atom. The van der Waals surface area contributed by atoms with Crippen molar-refractivity contribution in [3.05, 3.63) is 34.3 Å². The van der Waals surface area contributed by atoms with E-state index in [4.69, 9.17) is 4.74 Å². The van der Waals surface area contributed by atoms with Gasteiger partial charge in [0.05, 0.1) is 13.2 Å². The number of rotatable bonds is 5. The van der Waals surface area contributed by atoms with Crippen molar-refractivity contribution in [1.82, 2.24) is 10.2 Å². The predicted molar refractivity (Wildman–Crippen MR) is 85.2 cm³/mol. The lowest BCUT2D eigenvalue weighted by molar-refractivity contribution is -0.0660. The minimum absolute atomic E-state index is 0.273. The molecule has 0 radical (unpaired) electrons. The second kappa shape index (κ2) is 6.56. The number of hydrogen-bond donors (Lipinski definition) is 1. The second-order valence-corrected chi connectivity index (χ2v) is 6.89. The minimum atomic E-state index is 0.273. The highest BCUT2D eigenvalue weighted by Gasteiger charge is 2.39. The molecule has 110 valence electrons. The molecule has 3 nitrogen and oxygen atoms in total. The number of ether oxygens (including phenoxy) is 1. The molecule has 2 aliphatic rings. The molecule has 2 heterocycles. The van der Waals surface area contributed by atoms with Crippen molar-refractivity contribution in [3.63, 3.8) is 0 Å². The van der Waals surface area contributed by atoms with E-state index in [-0.39, 0.29) is 5.41 Å². The van der Waals surface area contributed by atoms with Crippen LogP contribution in [-0.4, -0.2) is 50.8 Å². The zero-order valence-electron chi connectivity index (χ0n) is 11.9. The maximum atomic E-state index is 5.53. The molecule has 0 aliphatic carbocycles. The monoisotopic (exact) mass is 338 g/mol. The Hall–Kier alpha value is -0.420. The molecule has 0 aromatic heterocycles. The number of halogens is 1. The topological polar surface area (TPSA) is 24.5 Å². The van der Waals surface area contributed by atoms with Crippen molar-refractivity contribution in [2.75, 3.05) is 45.9 Å². The van der Waals surface area contributed by atoms with E-state index < -0.39 is 0 Å². The predicted octanol–water partition coefficient (Wildman–Crippen LogP) is 2.40. The summed E-state index contributed by atoms with van der Waals surface area (Å²) in [5.41, 5.74) is 1.71. The largest absolute Gasteiger partial charge is 0.379 e. The zero-order chi connectivity index (χ0) is 13.8. The Labute approximate surface area is 129 Å². The van der Waals surface area contributed by atoms with Crippen LogP contribution in [0.5, 0.6) is 0 Å². The van der Waals surface area contributed by atoms with Gasteiger partial charge in [-0.05, 0) is 37.1 Å². The fourth-order valence-electron chi connectivity index (χ4n) is 3.18. The fourth-order valence-corrected chi connectivity index (χ4v) is 3.45. The first-order valence-corrected chi connectivity index (χ1v) is 8.35. The van der Waals surface area contributed by atoms with E-state index in [2.05, 4.69) is 50.4 Å². The van der Waals surface area contributed by atoms with E-state index in [1.807, 2.05) is 0 Å². The Morgan fingerprint density at radius 1 is 1.15 bits per heavy atom. The third-order valence-electron chi connectivity index (χ3n) is 4.55. The highest BCUT2D eigenvalue weighted by atomic mass is 79.9. The molecule has 0 saturated carbocycles. The van der Waals surface area contributed by atoms with Crippen LogP contribution in [0, 0.1) is 0 Å². The van der Waals surface area contributed by atoms with Gasteiger partial charge in [0.25, 0.3) is 0 Å². The summed E-state index contributed by atoms with van der Waals surface area (Å²) in [6.45, 7) is 7.66. The first-order valence-electron chi connectivity index (χ1n) is 7.55. The molecule has 4 heteroatoms. The molecule has 1 N–H and O–H groups in total. The molecule has 1 aromatic rings. The quantitative estimate of drug-likeness (QED) is 0.892. The van der Waals surface area contributed by atoms with Gasteiger partial charge >= 0.3 is 0 Å². The summed E-state index contributed by atoms with van der Waals surface area (Å²) in [5, 5.41) is 3.41. The number of benzene rings is 1. The lowest BCUT2D eigenvalue weighted by atomic mass is 9.75. The van der Waals surface area contributed by atoms with Crippen molar-refractivity contribution >= 4 is 15.9 Å². The van der Waals surface area contributed by atoms with Gasteiger partial charge in [0.1, 0.15) is 0 Å². The van der Waals surface area contributed by atoms with Crippen LogP contribution in [0.15, 0.2) is 28.7 Å². The summed E-state index contributed by atoms with van der Waals surface area (Å²) in [6, 6.07) is 8.78. The summed E-state index contributed by atoms with van der Waals surface area (Å²) < 4.78 is 6.68. The van der Waals surface area contributed by atoms with E-state index >= 15 is 0 Å². The summed E-state index contributed by atoms with van der Waals surface area (Å²) >= 11 is 3.51. The van der Waals surface area contributed by atoms with Gasteiger partial charge in [-0.2, -0.15) is 0 Å². The van der Waals surface area contributed by atoms with Gasteiger partial charge in [-0.25, -0.2) is 0 Å². The zero-order valence-corrected chi connectivity index (χ0v) is 13.5. The lowest BCUT2D eigenvalue weighted by Crippen LogP contribution is -2.48. The Balaban J connectivity index is 1.54. The van der Waals surface area contributed by atoms with E-state index in [0.717, 1.165) is 30.8 Å². The summed E-state index contributed by atoms with van der Waals surface area (Å²) in [6.07, 6.45) is 2.50. The van der Waals surface area contributed by atoms with Gasteiger partial charge < -0.3 is 15.0 Å². The molecule has 2 aliphatic heterocycles. The van der Waals surface area contributed by atoms with E-state index in [9.17, 15) is 0 Å². The number of piperazine rings is 1. The molecular formula is C16H23BrN2O. The molecule has 0 atom stereocenters. The Kier molecular flexibility index (Phi) is 4.76. The summed E-state index contributed by atoms with van der Waals surface area (Å²) in [5.74, 6) is 0. The lowest BCUT2D eigenvalue weighted by Gasteiger charge is -2.42. The molecule has 0 spiro atoms. The average Bonchev–Trinajstić information content (AvgIpc) is 2.44. The van der Waals surface area contributed by atoms with Crippen molar-refractivity contribution in [2.45, 2.75) is 18.3 Å². The first kappa shape index (κ1) is 14.5. The molecule has 0 bridgehead atoms. The number of nitrogens with zero attached hydrogens (tertiary/aromatic N) is 1. The van der Waals surface area contributed by atoms with Gasteiger partial charge in [0.2, 0.25) is 0 Å². The third-order valence-corrected chi connectivity index (χ3v) is 5.08. The minimum Gasteiger partial charge on any atom is -0.379 e. The summed E-state index contributed by atoms with van der Waals surface area (Å²) in [7, 11) is 0. The average molecular weight is 339 g/mol. The third kappa shape index (κ3) is 3.25. The van der Waals surface area contributed by atoms with Gasteiger partial charge in [-0.15, -0.1) is 0 Å². The Morgan fingerprint density at radius 2 is 1.85 bits per heavy atom. The number of hydrogen-bond acceptors (Lipinski definition) is 3. The van der Waals surface area contributed by atoms with Gasteiger partial charge in [0, 0.05) is 36.1 Å². The first-order chi connectivity index (χ1) is 9.78. The van der Waals surface area contributed by atoms with Crippen LogP contribution in [0.25, 0.3) is 0 Å². The molecule has 1 aromatic carbocycles. The molecule has 20 heavy (non-hydrogen) atoms. The highest BCUT2D eigenvalue weighted by Crippen LogP contribution is 2.37. The molecule has 3 rings (SSSR count). The van der Waals surface area contributed by atoms with Crippen LogP contribution in [0.2, 0.25) is 0 Å². The van der Waals surface area contributed by atoms with Crippen LogP contribution in [0.4, 0.5) is 0 Å². The van der Waals surface area contributed by atoms with Crippen molar-refractivity contribution in [2.24, 2.45) is 0 Å². The van der Waals surface area contributed by atoms with Crippen LogP contribution >= 0.6 is 15.9 Å². The normalized spacial score (nSPS) is 22.4. The highest BCUT2D eigenvalue weighted by molar-refractivity contribution is 9.10. The van der Waals surface area contributed by atoms with Crippen LogP contribution in [0.1, 0.15) is 18.4 Å². The van der Waals surface area contributed by atoms with Crippen molar-refractivity contribution in [3.8, 4) is 0 Å². The fraction of sp³-hybridized carbons (Fsp3) is 0.625. The SMILES string of the molecule is Brc1ccc(C2(CCCN3CCNCC3)COC2)cc1. The Bertz CT molecular complexity index is 425. The van der Waals surface area contributed by atoms with Crippen LogP contribution < -0.4 is 5.32 Å². The van der Waals surface area contributed by atoms with Crippen LogP contribution in [-0.2, 0) is 10.2 Å². The second-order valence-electron chi connectivity index (χ2n) is 5.98. The maximum absolute atomic E-state index is 5.53. The van der Waals surface area contributed by atoms with Crippen molar-refractivity contribution < 1.29 is 4.74 Å². The molecule has 0 amide bonds. The molecule has 2 saturated heterocycles. The van der Waals surface area contributed by atoms with Crippen molar-refractivity contribution in [1.29, 1.82) is 0 Å². The molecule has 2 fully saturated rings. The molecule has 0 unspecified atom stereocenters. The van der Waals surface area contributed by atoms with Gasteiger partial charge in [-0.3, -0.25) is 0 Å². The maximum Gasteiger partial charge on any atom is 0.0585 e. The van der Waals surface area contributed by atoms with Crippen LogP contribution in [0.3, 0.4) is 0 Å². The molecular weight excluding hydrogens is 316 g/mol. The van der Waals surface area contributed by atoms with Gasteiger partial charge in [-0.1, -0.05) is 28.1 Å². The van der Waals surface area contributed by atoms with E-state index in [1.165, 1.54) is 38.0 Å². The standard InChI is InChI=1S/C16H23BrN2O/c17-15-4-2-14(3-5-15)16(12-20-13-16)6-1-9-19-10-7-18-8-11-19/h2-5,18H,1,6-13H2. The summed E-state index contributed by atoms with van der Waals surface area (Å²) in [4.78, 5) is 2.57. The number of nitrogens with one attached hydrogen (secondary N) is 1.